The molecule has 0 fully saturated rings. The number of hydrogen-bond acceptors (Lipinski definition) is 2. The topological polar surface area (TPSA) is 46.4 Å². The highest BCUT2D eigenvalue weighted by molar-refractivity contribution is 6.30. The summed E-state index contributed by atoms with van der Waals surface area (Å²) in [6.45, 7) is 2.45. The molecular formula is C23H20ClN3O. The molecule has 0 aliphatic carbocycles. The lowest BCUT2D eigenvalue weighted by atomic mass is 10.1. The van der Waals surface area contributed by atoms with E-state index in [-0.39, 0.29) is 5.91 Å². The lowest BCUT2D eigenvalue weighted by Gasteiger charge is -2.07. The maximum Gasteiger partial charge on any atom is 0.241 e. The lowest BCUT2D eigenvalue weighted by molar-refractivity contribution is -0.121. The highest BCUT2D eigenvalue weighted by atomic mass is 35.5. The van der Waals surface area contributed by atoms with Gasteiger partial charge in [-0.05, 0) is 36.8 Å². The zero-order valence-corrected chi connectivity index (χ0v) is 16.3. The Morgan fingerprint density at radius 3 is 2.11 bits per heavy atom. The summed E-state index contributed by atoms with van der Waals surface area (Å²) >= 11 is 5.90. The average Bonchev–Trinajstić information content (AvgIpc) is 3.05. The van der Waals surface area contributed by atoms with Crippen molar-refractivity contribution >= 4 is 45.0 Å². The Labute approximate surface area is 168 Å². The first-order valence-electron chi connectivity index (χ1n) is 9.18. The van der Waals surface area contributed by atoms with Crippen LogP contribution in [0.2, 0.25) is 5.02 Å². The highest BCUT2D eigenvalue weighted by Gasteiger charge is 2.11. The molecule has 28 heavy (non-hydrogen) atoms. The van der Waals surface area contributed by atoms with Gasteiger partial charge in [-0.2, -0.15) is 5.10 Å². The molecule has 0 radical (unpaired) electrons. The number of halogens is 1. The molecule has 1 heterocycles. The second-order valence-electron chi connectivity index (χ2n) is 6.68. The first kappa shape index (κ1) is 18.3. The molecule has 0 saturated heterocycles. The van der Waals surface area contributed by atoms with Gasteiger partial charge in [-0.1, -0.05) is 60.1 Å². The molecule has 4 rings (SSSR count). The van der Waals surface area contributed by atoms with E-state index in [1.165, 1.54) is 10.8 Å². The number of para-hydroxylation sites is 2. The van der Waals surface area contributed by atoms with Gasteiger partial charge in [0.1, 0.15) is 0 Å². The Balaban J connectivity index is 1.49. The molecule has 140 valence electrons. The van der Waals surface area contributed by atoms with E-state index in [0.29, 0.717) is 18.0 Å². The maximum absolute atomic E-state index is 12.3. The third-order valence-corrected chi connectivity index (χ3v) is 5.10. The Hall–Kier alpha value is -3.11. The third kappa shape index (κ3) is 3.64. The van der Waals surface area contributed by atoms with Crippen molar-refractivity contribution in [1.29, 1.82) is 0 Å². The van der Waals surface area contributed by atoms with E-state index < -0.39 is 0 Å². The summed E-state index contributed by atoms with van der Waals surface area (Å²) in [5.41, 5.74) is 6.59. The molecule has 0 atom stereocenters. The van der Waals surface area contributed by atoms with Crippen LogP contribution in [-0.2, 0) is 11.3 Å². The van der Waals surface area contributed by atoms with Crippen LogP contribution in [0.25, 0.3) is 21.8 Å². The standard InChI is InChI=1S/C23H20ClN3O/c1-16(17-10-12-18(24)13-11-17)25-26-23(28)14-15-27-21-8-4-2-6-19(21)20-7-3-5-9-22(20)27/h2-13H,14-15H2,1H3,(H,26,28)/b25-16-. The van der Waals surface area contributed by atoms with Crippen LogP contribution in [0.5, 0.6) is 0 Å². The minimum Gasteiger partial charge on any atom is -0.340 e. The largest absolute Gasteiger partial charge is 0.340 e. The SMILES string of the molecule is C/C(=N/NC(=O)CCn1c2ccccc2c2ccccc21)c1ccc(Cl)cc1. The van der Waals surface area contributed by atoms with Crippen molar-refractivity contribution in [2.24, 2.45) is 5.10 Å². The molecule has 0 bridgehead atoms. The van der Waals surface area contributed by atoms with Crippen molar-refractivity contribution in [3.8, 4) is 0 Å². The number of nitrogens with one attached hydrogen (secondary N) is 1. The van der Waals surface area contributed by atoms with Crippen LogP contribution in [0.15, 0.2) is 77.9 Å². The van der Waals surface area contributed by atoms with Crippen molar-refractivity contribution in [2.75, 3.05) is 0 Å². The Morgan fingerprint density at radius 1 is 0.929 bits per heavy atom. The summed E-state index contributed by atoms with van der Waals surface area (Å²) in [5.74, 6) is -0.116. The van der Waals surface area contributed by atoms with Gasteiger partial charge in [0.15, 0.2) is 0 Å². The molecule has 0 unspecified atom stereocenters. The highest BCUT2D eigenvalue weighted by Crippen LogP contribution is 2.28. The summed E-state index contributed by atoms with van der Waals surface area (Å²) in [7, 11) is 0. The van der Waals surface area contributed by atoms with E-state index in [0.717, 1.165) is 22.3 Å². The summed E-state index contributed by atoms with van der Waals surface area (Å²) in [6, 6.07) is 23.9. The van der Waals surface area contributed by atoms with Crippen LogP contribution < -0.4 is 5.43 Å². The number of rotatable bonds is 5. The number of carbonyl (C=O) groups is 1. The van der Waals surface area contributed by atoms with Gasteiger partial charge in [0.25, 0.3) is 0 Å². The zero-order chi connectivity index (χ0) is 19.5. The van der Waals surface area contributed by atoms with Crippen molar-refractivity contribution in [3.63, 3.8) is 0 Å². The summed E-state index contributed by atoms with van der Waals surface area (Å²) in [6.07, 6.45) is 0.347. The van der Waals surface area contributed by atoms with Gasteiger partial charge < -0.3 is 4.57 Å². The van der Waals surface area contributed by atoms with Crippen molar-refractivity contribution < 1.29 is 4.79 Å². The molecule has 0 saturated carbocycles. The number of aryl methyl sites for hydroxylation is 1. The fourth-order valence-corrected chi connectivity index (χ4v) is 3.54. The Morgan fingerprint density at radius 2 is 1.50 bits per heavy atom. The molecule has 1 N–H and O–H groups in total. The van der Waals surface area contributed by atoms with Gasteiger partial charge in [0.2, 0.25) is 5.91 Å². The minimum absolute atomic E-state index is 0.116. The molecular weight excluding hydrogens is 370 g/mol. The molecule has 0 spiro atoms. The van der Waals surface area contributed by atoms with E-state index in [4.69, 9.17) is 11.6 Å². The van der Waals surface area contributed by atoms with Crippen LogP contribution in [0.4, 0.5) is 0 Å². The number of carbonyl (C=O) groups excluding carboxylic acids is 1. The number of hydrogen-bond donors (Lipinski definition) is 1. The number of hydrazone groups is 1. The summed E-state index contributed by atoms with van der Waals surface area (Å²) in [4.78, 5) is 12.3. The molecule has 4 nitrogen and oxygen atoms in total. The molecule has 4 aromatic rings. The lowest BCUT2D eigenvalue weighted by Crippen LogP contribution is -2.20. The Kier molecular flexibility index (Phi) is 5.13. The van der Waals surface area contributed by atoms with Gasteiger partial charge in [-0.25, -0.2) is 5.43 Å². The van der Waals surface area contributed by atoms with Crippen LogP contribution in [0.3, 0.4) is 0 Å². The molecule has 5 heteroatoms. The van der Waals surface area contributed by atoms with Gasteiger partial charge in [-0.3, -0.25) is 4.79 Å². The second kappa shape index (κ2) is 7.87. The Bertz CT molecular complexity index is 1120. The van der Waals surface area contributed by atoms with Crippen molar-refractivity contribution in [3.05, 3.63) is 83.4 Å². The van der Waals surface area contributed by atoms with E-state index in [9.17, 15) is 4.79 Å². The van der Waals surface area contributed by atoms with Gasteiger partial charge in [0.05, 0.1) is 5.71 Å². The first-order chi connectivity index (χ1) is 13.6. The quantitative estimate of drug-likeness (QED) is 0.361. The van der Waals surface area contributed by atoms with Gasteiger partial charge in [-0.15, -0.1) is 0 Å². The summed E-state index contributed by atoms with van der Waals surface area (Å²) in [5, 5.41) is 7.29. The van der Waals surface area contributed by atoms with Crippen LogP contribution in [-0.4, -0.2) is 16.2 Å². The van der Waals surface area contributed by atoms with Crippen molar-refractivity contribution in [1.82, 2.24) is 9.99 Å². The minimum atomic E-state index is -0.116. The number of fused-ring (bicyclic) bond motifs is 3. The molecule has 0 aliphatic heterocycles. The van der Waals surface area contributed by atoms with E-state index in [1.807, 2.05) is 43.3 Å². The van der Waals surface area contributed by atoms with E-state index in [2.05, 4.69) is 39.4 Å². The molecule has 0 aliphatic rings. The fourth-order valence-electron chi connectivity index (χ4n) is 3.42. The molecule has 1 aromatic heterocycles. The van der Waals surface area contributed by atoms with Crippen LogP contribution >= 0.6 is 11.6 Å². The van der Waals surface area contributed by atoms with Gasteiger partial charge >= 0.3 is 0 Å². The number of aromatic nitrogens is 1. The smallest absolute Gasteiger partial charge is 0.241 e. The number of nitrogens with zero attached hydrogens (tertiary/aromatic N) is 2. The number of benzene rings is 3. The second-order valence-corrected chi connectivity index (χ2v) is 7.11. The van der Waals surface area contributed by atoms with Crippen molar-refractivity contribution in [2.45, 2.75) is 19.9 Å². The predicted molar refractivity (Wildman–Crippen MR) is 116 cm³/mol. The summed E-state index contributed by atoms with van der Waals surface area (Å²) < 4.78 is 2.19. The van der Waals surface area contributed by atoms with Crippen LogP contribution in [0.1, 0.15) is 18.9 Å². The van der Waals surface area contributed by atoms with Gasteiger partial charge in [0, 0.05) is 39.8 Å². The van der Waals surface area contributed by atoms with E-state index in [1.54, 1.807) is 12.1 Å². The van der Waals surface area contributed by atoms with E-state index >= 15 is 0 Å². The normalized spacial score (nSPS) is 11.9. The fraction of sp³-hybridized carbons (Fsp3) is 0.130. The predicted octanol–water partition coefficient (Wildman–Crippen LogP) is 5.38. The molecule has 1 amide bonds. The van der Waals surface area contributed by atoms with Crippen LogP contribution in [0, 0.1) is 0 Å². The number of amides is 1. The monoisotopic (exact) mass is 389 g/mol. The third-order valence-electron chi connectivity index (χ3n) is 4.85. The molecule has 3 aromatic carbocycles. The maximum atomic E-state index is 12.3. The average molecular weight is 390 g/mol. The zero-order valence-electron chi connectivity index (χ0n) is 15.5. The first-order valence-corrected chi connectivity index (χ1v) is 9.56.